The largest absolute Gasteiger partial charge is 0.435 e. The summed E-state index contributed by atoms with van der Waals surface area (Å²) in [6.07, 6.45) is 3.46. The molecule has 2 heterocycles. The van der Waals surface area contributed by atoms with Gasteiger partial charge in [-0.05, 0) is 55.7 Å². The number of ether oxygens (including phenoxy) is 1. The van der Waals surface area contributed by atoms with E-state index in [9.17, 15) is 8.78 Å². The molecule has 0 amide bonds. The van der Waals surface area contributed by atoms with Gasteiger partial charge in [0.2, 0.25) is 5.95 Å². The van der Waals surface area contributed by atoms with Crippen LogP contribution in [0, 0.1) is 0 Å². The Morgan fingerprint density at radius 1 is 0.800 bits per heavy atom. The quantitative estimate of drug-likeness (QED) is 0.531. The van der Waals surface area contributed by atoms with Crippen LogP contribution < -0.4 is 20.3 Å². The predicted octanol–water partition coefficient (Wildman–Crippen LogP) is 5.56. The van der Waals surface area contributed by atoms with Crippen molar-refractivity contribution in [3.8, 4) is 5.75 Å². The molecule has 2 N–H and O–H groups in total. The lowest BCUT2D eigenvalue weighted by Crippen LogP contribution is -2.31. The van der Waals surface area contributed by atoms with E-state index < -0.39 is 6.61 Å². The monoisotopic (exact) mass is 411 g/mol. The average molecular weight is 411 g/mol. The summed E-state index contributed by atoms with van der Waals surface area (Å²) in [5.74, 6) is 2.07. The van der Waals surface area contributed by atoms with Crippen LogP contribution in [0.3, 0.4) is 0 Å². The Bertz CT molecular complexity index is 948. The van der Waals surface area contributed by atoms with E-state index in [0.717, 1.165) is 31.6 Å². The second-order valence-electron chi connectivity index (χ2n) is 7.01. The molecule has 1 aromatic heterocycles. The first-order chi connectivity index (χ1) is 14.7. The lowest BCUT2D eigenvalue weighted by atomic mass is 10.1. The fourth-order valence-electron chi connectivity index (χ4n) is 3.33. The van der Waals surface area contributed by atoms with Crippen molar-refractivity contribution in [2.24, 2.45) is 0 Å². The van der Waals surface area contributed by atoms with E-state index in [1.54, 1.807) is 12.1 Å². The summed E-state index contributed by atoms with van der Waals surface area (Å²) in [6, 6.07) is 18.0. The highest BCUT2D eigenvalue weighted by Gasteiger charge is 2.16. The molecule has 0 radical (unpaired) electrons. The summed E-state index contributed by atoms with van der Waals surface area (Å²) in [5, 5.41) is 6.55. The van der Waals surface area contributed by atoms with Crippen LogP contribution in [-0.4, -0.2) is 29.7 Å². The van der Waals surface area contributed by atoms with E-state index in [1.165, 1.54) is 18.6 Å². The molecule has 0 unspecified atom stereocenters. The van der Waals surface area contributed by atoms with Gasteiger partial charge in [0, 0.05) is 30.5 Å². The molecule has 0 spiro atoms. The first-order valence-electron chi connectivity index (χ1n) is 9.94. The van der Waals surface area contributed by atoms with Gasteiger partial charge in [0.25, 0.3) is 0 Å². The van der Waals surface area contributed by atoms with E-state index in [-0.39, 0.29) is 5.75 Å². The molecule has 0 bridgehead atoms. The van der Waals surface area contributed by atoms with Crippen molar-refractivity contribution < 1.29 is 13.5 Å². The normalized spacial score (nSPS) is 13.9. The minimum Gasteiger partial charge on any atom is -0.435 e. The number of hydrogen-bond donors (Lipinski definition) is 2. The number of nitrogens with zero attached hydrogens (tertiary/aromatic N) is 3. The minimum atomic E-state index is -2.84. The van der Waals surface area contributed by atoms with Gasteiger partial charge in [-0.25, -0.2) is 0 Å². The molecule has 0 aliphatic carbocycles. The van der Waals surface area contributed by atoms with Crippen LogP contribution in [0.15, 0.2) is 60.7 Å². The van der Waals surface area contributed by atoms with Gasteiger partial charge in [0.1, 0.15) is 17.4 Å². The van der Waals surface area contributed by atoms with E-state index in [1.807, 2.05) is 36.4 Å². The SMILES string of the molecule is FC(F)Oc1ccc(Nc2cc(Nc3ccccc3)nc(N3CCCCC3)n2)cc1. The third-order valence-electron chi connectivity index (χ3n) is 4.75. The third-order valence-corrected chi connectivity index (χ3v) is 4.75. The maximum Gasteiger partial charge on any atom is 0.387 e. The predicted molar refractivity (Wildman–Crippen MR) is 114 cm³/mol. The van der Waals surface area contributed by atoms with Crippen molar-refractivity contribution in [3.05, 3.63) is 60.7 Å². The molecule has 0 saturated carbocycles. The van der Waals surface area contributed by atoms with Crippen molar-refractivity contribution in [2.45, 2.75) is 25.9 Å². The standard InChI is InChI=1S/C22H23F2N5O/c23-21(24)30-18-11-9-17(10-12-18)26-20-15-19(25-16-7-3-1-4-8-16)27-22(28-20)29-13-5-2-6-14-29/h1,3-4,7-12,15,21H,2,5-6,13-14H2,(H2,25,26,27,28). The molecule has 4 rings (SSSR count). The van der Waals surface area contributed by atoms with Crippen molar-refractivity contribution in [2.75, 3.05) is 28.6 Å². The Morgan fingerprint density at radius 3 is 2.00 bits per heavy atom. The molecule has 1 aliphatic heterocycles. The number of benzene rings is 2. The number of para-hydroxylation sites is 1. The van der Waals surface area contributed by atoms with Gasteiger partial charge < -0.3 is 20.3 Å². The second-order valence-corrected chi connectivity index (χ2v) is 7.01. The first kappa shape index (κ1) is 19.9. The highest BCUT2D eigenvalue weighted by atomic mass is 19.3. The molecule has 156 valence electrons. The molecule has 30 heavy (non-hydrogen) atoms. The third kappa shape index (κ3) is 5.34. The van der Waals surface area contributed by atoms with Crippen molar-refractivity contribution in [1.82, 2.24) is 9.97 Å². The molecule has 8 heteroatoms. The second kappa shape index (κ2) is 9.39. The van der Waals surface area contributed by atoms with Gasteiger partial charge in [-0.2, -0.15) is 18.7 Å². The summed E-state index contributed by atoms with van der Waals surface area (Å²) >= 11 is 0. The molecule has 1 fully saturated rings. The Balaban J connectivity index is 1.58. The number of nitrogens with one attached hydrogen (secondary N) is 2. The van der Waals surface area contributed by atoms with Gasteiger partial charge in [-0.15, -0.1) is 0 Å². The minimum absolute atomic E-state index is 0.110. The van der Waals surface area contributed by atoms with Crippen LogP contribution in [0.5, 0.6) is 5.75 Å². The Hall–Kier alpha value is -3.42. The Labute approximate surface area is 173 Å². The van der Waals surface area contributed by atoms with Crippen LogP contribution in [0.4, 0.5) is 37.7 Å². The number of rotatable bonds is 7. The highest BCUT2D eigenvalue weighted by molar-refractivity contribution is 5.65. The van der Waals surface area contributed by atoms with Crippen molar-refractivity contribution in [1.29, 1.82) is 0 Å². The van der Waals surface area contributed by atoms with Crippen LogP contribution in [0.1, 0.15) is 19.3 Å². The molecular weight excluding hydrogens is 388 g/mol. The zero-order valence-electron chi connectivity index (χ0n) is 16.4. The fraction of sp³-hybridized carbons (Fsp3) is 0.273. The number of anilines is 5. The highest BCUT2D eigenvalue weighted by Crippen LogP contribution is 2.26. The molecule has 1 aliphatic rings. The Kier molecular flexibility index (Phi) is 6.22. The number of alkyl halides is 2. The van der Waals surface area contributed by atoms with E-state index in [0.29, 0.717) is 23.3 Å². The Morgan fingerprint density at radius 2 is 1.40 bits per heavy atom. The van der Waals surface area contributed by atoms with E-state index in [4.69, 9.17) is 4.98 Å². The summed E-state index contributed by atoms with van der Waals surface area (Å²) < 4.78 is 29.1. The zero-order valence-corrected chi connectivity index (χ0v) is 16.4. The maximum absolute atomic E-state index is 12.3. The van der Waals surface area contributed by atoms with Crippen LogP contribution >= 0.6 is 0 Å². The summed E-state index contributed by atoms with van der Waals surface area (Å²) in [5.41, 5.74) is 1.64. The summed E-state index contributed by atoms with van der Waals surface area (Å²) in [7, 11) is 0. The zero-order chi connectivity index (χ0) is 20.8. The molecule has 3 aromatic rings. The number of hydrogen-bond acceptors (Lipinski definition) is 6. The van der Waals surface area contributed by atoms with Crippen LogP contribution in [0.2, 0.25) is 0 Å². The van der Waals surface area contributed by atoms with Crippen molar-refractivity contribution >= 4 is 29.0 Å². The molecule has 0 atom stereocenters. The fourth-order valence-corrected chi connectivity index (χ4v) is 3.33. The maximum atomic E-state index is 12.3. The summed E-state index contributed by atoms with van der Waals surface area (Å²) in [4.78, 5) is 11.6. The lowest BCUT2D eigenvalue weighted by molar-refractivity contribution is -0.0498. The number of piperidine rings is 1. The average Bonchev–Trinajstić information content (AvgIpc) is 2.76. The van der Waals surface area contributed by atoms with E-state index >= 15 is 0 Å². The molecule has 1 saturated heterocycles. The van der Waals surface area contributed by atoms with Gasteiger partial charge in [0.15, 0.2) is 0 Å². The van der Waals surface area contributed by atoms with Crippen molar-refractivity contribution in [3.63, 3.8) is 0 Å². The van der Waals surface area contributed by atoms with Gasteiger partial charge in [0.05, 0.1) is 0 Å². The molecular formula is C22H23F2N5O. The number of halogens is 2. The lowest BCUT2D eigenvalue weighted by Gasteiger charge is -2.27. The van der Waals surface area contributed by atoms with Gasteiger partial charge in [-0.3, -0.25) is 0 Å². The number of aromatic nitrogens is 2. The van der Waals surface area contributed by atoms with E-state index in [2.05, 4.69) is 25.3 Å². The van der Waals surface area contributed by atoms with Gasteiger partial charge >= 0.3 is 6.61 Å². The van der Waals surface area contributed by atoms with Gasteiger partial charge in [-0.1, -0.05) is 18.2 Å². The first-order valence-corrected chi connectivity index (χ1v) is 9.94. The smallest absolute Gasteiger partial charge is 0.387 e. The van der Waals surface area contributed by atoms with Crippen LogP contribution in [-0.2, 0) is 0 Å². The molecule has 6 nitrogen and oxygen atoms in total. The summed E-state index contributed by atoms with van der Waals surface area (Å²) in [6.45, 7) is -0.994. The van der Waals surface area contributed by atoms with Crippen LogP contribution in [0.25, 0.3) is 0 Å². The topological polar surface area (TPSA) is 62.3 Å². The molecule has 2 aromatic carbocycles.